The van der Waals surface area contributed by atoms with Crippen molar-refractivity contribution in [2.24, 2.45) is 0 Å². The average molecular weight is 283 g/mol. The van der Waals surface area contributed by atoms with Crippen molar-refractivity contribution < 1.29 is 4.74 Å². The fraction of sp³-hybridized carbons (Fsp3) is 0.474. The van der Waals surface area contributed by atoms with E-state index in [1.165, 1.54) is 48.4 Å². The first kappa shape index (κ1) is 14.6. The second-order valence-electron chi connectivity index (χ2n) is 5.98. The number of fused-ring (bicyclic) bond motifs is 1. The van der Waals surface area contributed by atoms with Crippen molar-refractivity contribution in [3.05, 3.63) is 48.0 Å². The van der Waals surface area contributed by atoms with Gasteiger partial charge in [-0.05, 0) is 55.5 Å². The Morgan fingerprint density at radius 1 is 1.19 bits per heavy atom. The van der Waals surface area contributed by atoms with Crippen molar-refractivity contribution in [2.45, 2.75) is 44.2 Å². The molecule has 1 saturated heterocycles. The zero-order valence-electron chi connectivity index (χ0n) is 12.8. The molecule has 1 aliphatic heterocycles. The van der Waals surface area contributed by atoms with Gasteiger partial charge in [-0.1, -0.05) is 42.5 Å². The third kappa shape index (κ3) is 3.45. The van der Waals surface area contributed by atoms with E-state index in [0.717, 1.165) is 6.61 Å². The lowest BCUT2D eigenvalue weighted by molar-refractivity contribution is 0.101. The average Bonchev–Trinajstić information content (AvgIpc) is 3.05. The summed E-state index contributed by atoms with van der Waals surface area (Å²) in [7, 11) is 2.07. The van der Waals surface area contributed by atoms with Gasteiger partial charge in [0, 0.05) is 12.6 Å². The van der Waals surface area contributed by atoms with Gasteiger partial charge in [0.15, 0.2) is 0 Å². The second-order valence-corrected chi connectivity index (χ2v) is 5.98. The van der Waals surface area contributed by atoms with Gasteiger partial charge in [-0.2, -0.15) is 0 Å². The van der Waals surface area contributed by atoms with Crippen LogP contribution in [0.1, 0.15) is 43.7 Å². The van der Waals surface area contributed by atoms with E-state index in [-0.39, 0.29) is 0 Å². The van der Waals surface area contributed by atoms with E-state index in [4.69, 9.17) is 4.74 Å². The monoisotopic (exact) mass is 283 g/mol. The molecule has 112 valence electrons. The highest BCUT2D eigenvalue weighted by atomic mass is 16.5. The number of rotatable bonds is 6. The van der Waals surface area contributed by atoms with Crippen LogP contribution in [0.4, 0.5) is 0 Å². The fourth-order valence-corrected chi connectivity index (χ4v) is 3.43. The van der Waals surface area contributed by atoms with E-state index in [1.807, 2.05) is 0 Å². The lowest BCUT2D eigenvalue weighted by atomic mass is 9.94. The molecule has 0 amide bonds. The highest BCUT2D eigenvalue weighted by Gasteiger charge is 2.17. The smallest absolute Gasteiger partial charge is 0.0576 e. The summed E-state index contributed by atoms with van der Waals surface area (Å²) in [5.41, 5.74) is 1.42. The molecule has 0 aromatic heterocycles. The second kappa shape index (κ2) is 7.06. The number of ether oxygens (including phenoxy) is 1. The molecule has 2 unspecified atom stereocenters. The Bertz CT molecular complexity index is 569. The summed E-state index contributed by atoms with van der Waals surface area (Å²) in [4.78, 5) is 0. The van der Waals surface area contributed by atoms with Crippen LogP contribution in [0, 0.1) is 0 Å². The Hall–Kier alpha value is -1.38. The van der Waals surface area contributed by atoms with Crippen LogP contribution in [0.25, 0.3) is 10.8 Å². The maximum atomic E-state index is 5.72. The summed E-state index contributed by atoms with van der Waals surface area (Å²) in [6, 6.07) is 15.7. The first-order valence-corrected chi connectivity index (χ1v) is 8.15. The quantitative estimate of drug-likeness (QED) is 0.845. The first-order chi connectivity index (χ1) is 10.4. The van der Waals surface area contributed by atoms with Crippen LogP contribution in [0.15, 0.2) is 42.5 Å². The topological polar surface area (TPSA) is 21.3 Å². The third-order valence-corrected chi connectivity index (χ3v) is 4.59. The van der Waals surface area contributed by atoms with Gasteiger partial charge >= 0.3 is 0 Å². The van der Waals surface area contributed by atoms with Crippen molar-refractivity contribution in [1.82, 2.24) is 5.32 Å². The van der Waals surface area contributed by atoms with Crippen molar-refractivity contribution >= 4 is 10.8 Å². The van der Waals surface area contributed by atoms with Gasteiger partial charge in [0.1, 0.15) is 0 Å². The maximum Gasteiger partial charge on any atom is 0.0576 e. The number of nitrogens with one attached hydrogen (secondary N) is 1. The molecule has 0 saturated carbocycles. The number of hydrogen-bond donors (Lipinski definition) is 1. The van der Waals surface area contributed by atoms with E-state index in [0.29, 0.717) is 12.1 Å². The maximum absolute atomic E-state index is 5.72. The van der Waals surface area contributed by atoms with Gasteiger partial charge < -0.3 is 10.1 Å². The van der Waals surface area contributed by atoms with E-state index < -0.39 is 0 Å². The van der Waals surface area contributed by atoms with E-state index in [1.54, 1.807) is 0 Å². The molecule has 2 aromatic carbocycles. The molecule has 2 heteroatoms. The summed E-state index contributed by atoms with van der Waals surface area (Å²) >= 11 is 0. The minimum Gasteiger partial charge on any atom is -0.378 e. The van der Waals surface area contributed by atoms with Crippen molar-refractivity contribution in [1.29, 1.82) is 0 Å². The van der Waals surface area contributed by atoms with Crippen LogP contribution >= 0.6 is 0 Å². The first-order valence-electron chi connectivity index (χ1n) is 8.15. The Balaban J connectivity index is 1.69. The van der Waals surface area contributed by atoms with Gasteiger partial charge in [0.25, 0.3) is 0 Å². The number of hydrogen-bond acceptors (Lipinski definition) is 2. The predicted octanol–water partition coefficient (Wildman–Crippen LogP) is 4.45. The molecule has 1 N–H and O–H groups in total. The van der Waals surface area contributed by atoms with Crippen LogP contribution in [0.2, 0.25) is 0 Å². The Morgan fingerprint density at radius 2 is 2.05 bits per heavy atom. The molecule has 2 atom stereocenters. The summed E-state index contributed by atoms with van der Waals surface area (Å²) in [6.07, 6.45) is 6.59. The van der Waals surface area contributed by atoms with Crippen molar-refractivity contribution in [3.8, 4) is 0 Å². The molecule has 0 aliphatic carbocycles. The lowest BCUT2D eigenvalue weighted by Gasteiger charge is -2.19. The molecule has 1 aliphatic rings. The molecule has 0 radical (unpaired) electrons. The molecule has 1 fully saturated rings. The summed E-state index contributed by atoms with van der Waals surface area (Å²) in [5.74, 6) is 0. The zero-order valence-corrected chi connectivity index (χ0v) is 12.8. The van der Waals surface area contributed by atoms with Gasteiger partial charge in [0.2, 0.25) is 0 Å². The van der Waals surface area contributed by atoms with Gasteiger partial charge in [0.05, 0.1) is 6.10 Å². The van der Waals surface area contributed by atoms with Crippen LogP contribution in [0.5, 0.6) is 0 Å². The normalized spacial score (nSPS) is 20.0. The van der Waals surface area contributed by atoms with E-state index >= 15 is 0 Å². The van der Waals surface area contributed by atoms with Gasteiger partial charge in [-0.3, -0.25) is 0 Å². The van der Waals surface area contributed by atoms with Crippen molar-refractivity contribution in [2.75, 3.05) is 13.7 Å². The molecule has 3 rings (SSSR count). The molecule has 0 bridgehead atoms. The van der Waals surface area contributed by atoms with Crippen LogP contribution in [-0.4, -0.2) is 19.8 Å². The summed E-state index contributed by atoms with van der Waals surface area (Å²) in [6.45, 7) is 0.962. The lowest BCUT2D eigenvalue weighted by Crippen LogP contribution is -2.17. The SMILES string of the molecule is CNC(CCCC1CCCO1)c1cccc2ccccc12. The zero-order chi connectivity index (χ0) is 14.5. The minimum atomic E-state index is 0.428. The highest BCUT2D eigenvalue weighted by molar-refractivity contribution is 5.86. The minimum absolute atomic E-state index is 0.428. The van der Waals surface area contributed by atoms with Gasteiger partial charge in [-0.15, -0.1) is 0 Å². The Kier molecular flexibility index (Phi) is 4.89. The molecular weight excluding hydrogens is 258 g/mol. The van der Waals surface area contributed by atoms with Crippen molar-refractivity contribution in [3.63, 3.8) is 0 Å². The molecule has 21 heavy (non-hydrogen) atoms. The molecular formula is C19H25NO. The van der Waals surface area contributed by atoms with E-state index in [9.17, 15) is 0 Å². The summed E-state index contributed by atoms with van der Waals surface area (Å²) in [5, 5.41) is 6.19. The fourth-order valence-electron chi connectivity index (χ4n) is 3.43. The van der Waals surface area contributed by atoms with Crippen LogP contribution in [0.3, 0.4) is 0 Å². The van der Waals surface area contributed by atoms with Crippen LogP contribution in [-0.2, 0) is 4.74 Å². The van der Waals surface area contributed by atoms with Gasteiger partial charge in [-0.25, -0.2) is 0 Å². The highest BCUT2D eigenvalue weighted by Crippen LogP contribution is 2.28. The molecule has 2 aromatic rings. The van der Waals surface area contributed by atoms with Crippen LogP contribution < -0.4 is 5.32 Å². The third-order valence-electron chi connectivity index (χ3n) is 4.59. The molecule has 1 heterocycles. The molecule has 2 nitrogen and oxygen atoms in total. The Labute approximate surface area is 127 Å². The number of benzene rings is 2. The standard InChI is InChI=1S/C19H25NO/c1-20-19(13-5-9-16-10-6-14-21-16)18-12-4-8-15-7-2-3-11-17(15)18/h2-4,7-8,11-12,16,19-20H,5-6,9-10,13-14H2,1H3. The summed E-state index contributed by atoms with van der Waals surface area (Å²) < 4.78 is 5.72. The Morgan fingerprint density at radius 3 is 2.86 bits per heavy atom. The molecule has 0 spiro atoms. The van der Waals surface area contributed by atoms with E-state index in [2.05, 4.69) is 54.8 Å². The largest absolute Gasteiger partial charge is 0.378 e. The predicted molar refractivity (Wildman–Crippen MR) is 88.6 cm³/mol.